The maximum Gasteiger partial charge on any atom is 0.495 e. The molecule has 26 heavy (non-hydrogen) atoms. The molecule has 1 aliphatic heterocycles. The fourth-order valence-electron chi connectivity index (χ4n) is 3.41. The zero-order valence-electron chi connectivity index (χ0n) is 16.0. The van der Waals surface area contributed by atoms with E-state index >= 15 is 0 Å². The van der Waals surface area contributed by atoms with Crippen molar-refractivity contribution in [3.8, 4) is 11.1 Å². The van der Waals surface area contributed by atoms with E-state index in [4.69, 9.17) is 9.31 Å². The number of hydrogen-bond acceptors (Lipinski definition) is 3. The van der Waals surface area contributed by atoms with Crippen molar-refractivity contribution in [1.29, 1.82) is 0 Å². The zero-order chi connectivity index (χ0) is 18.5. The summed E-state index contributed by atoms with van der Waals surface area (Å²) in [5, 5.41) is 1.13. The maximum atomic E-state index is 6.34. The van der Waals surface area contributed by atoms with Gasteiger partial charge in [0.25, 0.3) is 0 Å². The number of nitrogens with zero attached hydrogens (tertiary/aromatic N) is 1. The molecule has 3 nitrogen and oxygen atoms in total. The van der Waals surface area contributed by atoms with Crippen molar-refractivity contribution in [3.63, 3.8) is 0 Å². The number of fused-ring (bicyclic) bond motifs is 1. The highest BCUT2D eigenvalue weighted by Crippen LogP contribution is 2.38. The second kappa shape index (κ2) is 5.93. The Bertz CT molecular complexity index is 960. The molecule has 0 bridgehead atoms. The van der Waals surface area contributed by atoms with E-state index in [1.54, 1.807) is 0 Å². The smallest absolute Gasteiger partial charge is 0.399 e. The first kappa shape index (κ1) is 17.3. The summed E-state index contributed by atoms with van der Waals surface area (Å²) in [6.07, 6.45) is 1.84. The molecule has 1 saturated heterocycles. The van der Waals surface area contributed by atoms with E-state index in [9.17, 15) is 0 Å². The molecule has 0 unspecified atom stereocenters. The summed E-state index contributed by atoms with van der Waals surface area (Å²) in [5.74, 6) is 0. The van der Waals surface area contributed by atoms with Gasteiger partial charge in [0.2, 0.25) is 0 Å². The van der Waals surface area contributed by atoms with Crippen LogP contribution in [-0.4, -0.2) is 23.3 Å². The molecular weight excluding hydrogens is 321 g/mol. The van der Waals surface area contributed by atoms with Crippen molar-refractivity contribution < 1.29 is 9.31 Å². The number of hydrogen-bond donors (Lipinski definition) is 0. The van der Waals surface area contributed by atoms with Crippen LogP contribution in [0.15, 0.2) is 54.7 Å². The van der Waals surface area contributed by atoms with Crippen LogP contribution in [0.5, 0.6) is 0 Å². The van der Waals surface area contributed by atoms with Crippen molar-refractivity contribution >= 4 is 23.5 Å². The first-order valence-electron chi connectivity index (χ1n) is 9.09. The molecule has 4 heteroatoms. The van der Waals surface area contributed by atoms with Gasteiger partial charge >= 0.3 is 7.12 Å². The quantitative estimate of drug-likeness (QED) is 0.641. The minimum Gasteiger partial charge on any atom is -0.399 e. The predicted octanol–water partition coefficient (Wildman–Crippen LogP) is 4.51. The molecule has 0 radical (unpaired) electrons. The van der Waals surface area contributed by atoms with Crippen LogP contribution in [0.4, 0.5) is 0 Å². The molecule has 2 aromatic carbocycles. The summed E-state index contributed by atoms with van der Waals surface area (Å²) in [7, 11) is -0.395. The molecule has 4 rings (SSSR count). The van der Waals surface area contributed by atoms with Gasteiger partial charge in [-0.05, 0) is 51.7 Å². The second-order valence-electron chi connectivity index (χ2n) is 8.06. The van der Waals surface area contributed by atoms with E-state index < -0.39 is 7.12 Å². The highest BCUT2D eigenvalue weighted by Gasteiger charge is 2.52. The molecule has 1 aromatic heterocycles. The number of pyridine rings is 1. The summed E-state index contributed by atoms with van der Waals surface area (Å²) in [4.78, 5) is 4.62. The molecule has 0 aliphatic carbocycles. The van der Waals surface area contributed by atoms with Crippen LogP contribution in [-0.2, 0) is 9.31 Å². The van der Waals surface area contributed by atoms with Gasteiger partial charge in [0.05, 0.1) is 16.7 Å². The first-order valence-corrected chi connectivity index (χ1v) is 9.09. The SMILES string of the molecule is Cc1ccc(-c2cccc3cccnc23)c(B2OC(C)(C)C(C)(C)O2)c1. The molecule has 2 heterocycles. The van der Waals surface area contributed by atoms with E-state index in [2.05, 4.69) is 82.1 Å². The van der Waals surface area contributed by atoms with Crippen LogP contribution in [0, 0.1) is 6.92 Å². The van der Waals surface area contributed by atoms with Gasteiger partial charge in [0.15, 0.2) is 0 Å². The van der Waals surface area contributed by atoms with Gasteiger partial charge in [-0.15, -0.1) is 0 Å². The zero-order valence-corrected chi connectivity index (χ0v) is 16.0. The molecule has 0 atom stereocenters. The molecule has 1 fully saturated rings. The normalized spacial score (nSPS) is 18.4. The molecule has 0 saturated carbocycles. The van der Waals surface area contributed by atoms with Crippen LogP contribution >= 0.6 is 0 Å². The summed E-state index contributed by atoms with van der Waals surface area (Å²) in [6.45, 7) is 10.4. The van der Waals surface area contributed by atoms with Crippen LogP contribution in [0.25, 0.3) is 22.0 Å². The minimum atomic E-state index is -0.395. The average molecular weight is 345 g/mol. The third kappa shape index (κ3) is 2.74. The Balaban J connectivity index is 1.89. The lowest BCUT2D eigenvalue weighted by Crippen LogP contribution is -2.41. The van der Waals surface area contributed by atoms with Gasteiger partial charge in [0.1, 0.15) is 0 Å². The molecule has 0 amide bonds. The molecule has 3 aromatic rings. The second-order valence-corrected chi connectivity index (χ2v) is 8.06. The Morgan fingerprint density at radius 1 is 0.846 bits per heavy atom. The van der Waals surface area contributed by atoms with Crippen LogP contribution < -0.4 is 5.46 Å². The first-order chi connectivity index (χ1) is 12.3. The van der Waals surface area contributed by atoms with E-state index in [1.807, 2.05) is 12.3 Å². The highest BCUT2D eigenvalue weighted by molar-refractivity contribution is 6.64. The van der Waals surface area contributed by atoms with Crippen LogP contribution in [0.2, 0.25) is 0 Å². The molecular formula is C22H24BNO2. The van der Waals surface area contributed by atoms with Crippen molar-refractivity contribution in [3.05, 3.63) is 60.3 Å². The molecule has 132 valence electrons. The standard InChI is InChI=1S/C22H24BNO2/c1-15-11-12-17(18-10-6-8-16-9-7-13-24-20(16)18)19(14-15)23-25-21(2,3)22(4,5)26-23/h6-14H,1-5H3. The molecule has 0 N–H and O–H groups in total. The minimum absolute atomic E-state index is 0.365. The molecule has 0 spiro atoms. The van der Waals surface area contributed by atoms with E-state index in [-0.39, 0.29) is 11.2 Å². The summed E-state index contributed by atoms with van der Waals surface area (Å²) >= 11 is 0. The Labute approximate surface area is 155 Å². The van der Waals surface area contributed by atoms with E-state index in [0.29, 0.717) is 0 Å². The maximum absolute atomic E-state index is 6.34. The fourth-order valence-corrected chi connectivity index (χ4v) is 3.41. The van der Waals surface area contributed by atoms with Crippen molar-refractivity contribution in [1.82, 2.24) is 4.98 Å². The topological polar surface area (TPSA) is 31.4 Å². The summed E-state index contributed by atoms with van der Waals surface area (Å²) < 4.78 is 12.7. The number of rotatable bonds is 2. The Morgan fingerprint density at radius 3 is 2.27 bits per heavy atom. The third-order valence-corrected chi connectivity index (χ3v) is 5.64. The van der Waals surface area contributed by atoms with Crippen molar-refractivity contribution in [2.75, 3.05) is 0 Å². The Morgan fingerprint density at radius 2 is 1.54 bits per heavy atom. The van der Waals surface area contributed by atoms with E-state index in [0.717, 1.165) is 27.5 Å². The average Bonchev–Trinajstić information content (AvgIpc) is 2.82. The number of para-hydroxylation sites is 1. The highest BCUT2D eigenvalue weighted by atomic mass is 16.7. The van der Waals surface area contributed by atoms with E-state index in [1.165, 1.54) is 5.56 Å². The van der Waals surface area contributed by atoms with Gasteiger partial charge in [-0.1, -0.05) is 48.0 Å². The lowest BCUT2D eigenvalue weighted by molar-refractivity contribution is 0.00578. The largest absolute Gasteiger partial charge is 0.495 e. The third-order valence-electron chi connectivity index (χ3n) is 5.64. The fraction of sp³-hybridized carbons (Fsp3) is 0.318. The monoisotopic (exact) mass is 345 g/mol. The lowest BCUT2D eigenvalue weighted by atomic mass is 9.73. The number of aryl methyl sites for hydroxylation is 1. The van der Waals surface area contributed by atoms with Gasteiger partial charge in [0, 0.05) is 17.1 Å². The Hall–Kier alpha value is -2.17. The molecule has 1 aliphatic rings. The van der Waals surface area contributed by atoms with Gasteiger partial charge in [-0.25, -0.2) is 0 Å². The van der Waals surface area contributed by atoms with Gasteiger partial charge < -0.3 is 9.31 Å². The van der Waals surface area contributed by atoms with Gasteiger partial charge in [-0.3, -0.25) is 4.98 Å². The van der Waals surface area contributed by atoms with Crippen molar-refractivity contribution in [2.45, 2.75) is 45.8 Å². The Kier molecular flexibility index (Phi) is 3.94. The van der Waals surface area contributed by atoms with Gasteiger partial charge in [-0.2, -0.15) is 0 Å². The lowest BCUT2D eigenvalue weighted by Gasteiger charge is -2.32. The number of benzene rings is 2. The van der Waals surface area contributed by atoms with Crippen LogP contribution in [0.1, 0.15) is 33.3 Å². The number of aromatic nitrogens is 1. The van der Waals surface area contributed by atoms with Crippen molar-refractivity contribution in [2.24, 2.45) is 0 Å². The summed E-state index contributed by atoms with van der Waals surface area (Å²) in [5.41, 5.74) is 4.72. The summed E-state index contributed by atoms with van der Waals surface area (Å²) in [6, 6.07) is 16.8. The van der Waals surface area contributed by atoms with Crippen LogP contribution in [0.3, 0.4) is 0 Å². The predicted molar refractivity (Wildman–Crippen MR) is 108 cm³/mol.